The Labute approximate surface area is 136 Å². The summed E-state index contributed by atoms with van der Waals surface area (Å²) in [5.74, 6) is -0.651. The molecule has 0 bridgehead atoms. The maximum absolute atomic E-state index is 13.0. The second-order valence-corrected chi connectivity index (χ2v) is 5.22. The topological polar surface area (TPSA) is 42.1 Å². The number of halogens is 3. The van der Waals surface area contributed by atoms with E-state index in [2.05, 4.69) is 4.98 Å². The lowest BCUT2D eigenvalue weighted by atomic mass is 10.0. The van der Waals surface area contributed by atoms with Crippen molar-refractivity contribution >= 4 is 16.9 Å². The normalized spacial score (nSPS) is 11.7. The lowest BCUT2D eigenvalue weighted by Gasteiger charge is -2.07. The Kier molecular flexibility index (Phi) is 4.05. The summed E-state index contributed by atoms with van der Waals surface area (Å²) < 4.78 is 44.0. The van der Waals surface area contributed by atoms with Crippen molar-refractivity contribution in [3.05, 3.63) is 59.7 Å². The molecule has 0 fully saturated rings. The largest absolute Gasteiger partial charge is 0.462 e. The van der Waals surface area contributed by atoms with E-state index in [0.717, 1.165) is 12.1 Å². The number of hydrogen-bond acceptors (Lipinski definition) is 2. The number of alkyl halides is 3. The van der Waals surface area contributed by atoms with Crippen molar-refractivity contribution in [1.29, 1.82) is 0 Å². The molecule has 0 saturated heterocycles. The van der Waals surface area contributed by atoms with Crippen LogP contribution in [0.2, 0.25) is 0 Å². The number of rotatable bonds is 3. The molecule has 0 saturated carbocycles. The highest BCUT2D eigenvalue weighted by atomic mass is 19.4. The number of carbonyl (C=O) groups excluding carboxylic acids is 1. The molecule has 0 aliphatic heterocycles. The van der Waals surface area contributed by atoms with E-state index in [1.54, 1.807) is 31.2 Å². The molecule has 1 aromatic heterocycles. The van der Waals surface area contributed by atoms with Gasteiger partial charge in [0.25, 0.3) is 0 Å². The molecule has 3 nitrogen and oxygen atoms in total. The van der Waals surface area contributed by atoms with Gasteiger partial charge in [-0.05, 0) is 30.7 Å². The van der Waals surface area contributed by atoms with E-state index in [9.17, 15) is 18.0 Å². The molecule has 124 valence electrons. The van der Waals surface area contributed by atoms with Crippen molar-refractivity contribution in [2.24, 2.45) is 0 Å². The van der Waals surface area contributed by atoms with Crippen LogP contribution >= 0.6 is 0 Å². The minimum atomic E-state index is -4.48. The van der Waals surface area contributed by atoms with Crippen LogP contribution in [0.4, 0.5) is 13.2 Å². The Morgan fingerprint density at radius 2 is 1.83 bits per heavy atom. The number of nitrogens with one attached hydrogen (secondary N) is 1. The molecule has 24 heavy (non-hydrogen) atoms. The van der Waals surface area contributed by atoms with E-state index in [0.29, 0.717) is 16.8 Å². The highest BCUT2D eigenvalue weighted by Crippen LogP contribution is 2.36. The fourth-order valence-electron chi connectivity index (χ4n) is 2.60. The third-order valence-corrected chi connectivity index (χ3v) is 3.67. The maximum Gasteiger partial charge on any atom is 0.416 e. The summed E-state index contributed by atoms with van der Waals surface area (Å²) in [6.45, 7) is 1.79. The smallest absolute Gasteiger partial charge is 0.416 e. The van der Waals surface area contributed by atoms with Gasteiger partial charge < -0.3 is 9.72 Å². The van der Waals surface area contributed by atoms with Crippen molar-refractivity contribution in [1.82, 2.24) is 4.98 Å². The lowest BCUT2D eigenvalue weighted by Crippen LogP contribution is -2.07. The van der Waals surface area contributed by atoms with Crippen LogP contribution in [0.3, 0.4) is 0 Å². The fraction of sp³-hybridized carbons (Fsp3) is 0.167. The molecule has 0 radical (unpaired) electrons. The first kappa shape index (κ1) is 16.1. The molecule has 3 aromatic rings. The second kappa shape index (κ2) is 6.03. The zero-order chi connectivity index (χ0) is 17.3. The summed E-state index contributed by atoms with van der Waals surface area (Å²) >= 11 is 0. The summed E-state index contributed by atoms with van der Waals surface area (Å²) in [6, 6.07) is 12.2. The quantitative estimate of drug-likeness (QED) is 0.683. The standard InChI is InChI=1S/C18H14F3NO2/c1-2-24-17(23)15-13-10-12(18(19,20)21)8-9-14(13)22-16(15)11-6-4-3-5-7-11/h3-10,22H,2H2,1H3. The molecule has 6 heteroatoms. The van der Waals surface area contributed by atoms with Gasteiger partial charge in [0.2, 0.25) is 0 Å². The Balaban J connectivity index is 2.28. The zero-order valence-corrected chi connectivity index (χ0v) is 12.8. The van der Waals surface area contributed by atoms with Gasteiger partial charge in [0.15, 0.2) is 0 Å². The summed E-state index contributed by atoms with van der Waals surface area (Å²) in [7, 11) is 0. The van der Waals surface area contributed by atoms with E-state index in [1.807, 2.05) is 6.07 Å². The molecule has 0 atom stereocenters. The number of aromatic nitrogens is 1. The van der Waals surface area contributed by atoms with Gasteiger partial charge in [-0.25, -0.2) is 4.79 Å². The van der Waals surface area contributed by atoms with Crippen LogP contribution in [0.1, 0.15) is 22.8 Å². The van der Waals surface area contributed by atoms with Gasteiger partial charge in [-0.1, -0.05) is 30.3 Å². The van der Waals surface area contributed by atoms with Crippen LogP contribution in [0.5, 0.6) is 0 Å². The monoisotopic (exact) mass is 333 g/mol. The number of carbonyl (C=O) groups is 1. The van der Waals surface area contributed by atoms with Crippen LogP contribution in [-0.4, -0.2) is 17.6 Å². The Morgan fingerprint density at radius 3 is 2.46 bits per heavy atom. The van der Waals surface area contributed by atoms with Crippen LogP contribution in [0.15, 0.2) is 48.5 Å². The SMILES string of the molecule is CCOC(=O)c1c(-c2ccccc2)[nH]c2ccc(C(F)(F)F)cc12. The number of H-pyrrole nitrogens is 1. The first-order valence-corrected chi connectivity index (χ1v) is 7.37. The van der Waals surface area contributed by atoms with Gasteiger partial charge in [0.1, 0.15) is 0 Å². The molecular formula is C18H14F3NO2. The molecule has 0 aliphatic carbocycles. The first-order valence-electron chi connectivity index (χ1n) is 7.37. The lowest BCUT2D eigenvalue weighted by molar-refractivity contribution is -0.137. The minimum absolute atomic E-state index is 0.115. The van der Waals surface area contributed by atoms with E-state index < -0.39 is 17.7 Å². The second-order valence-electron chi connectivity index (χ2n) is 5.22. The van der Waals surface area contributed by atoms with Crippen molar-refractivity contribution in [2.45, 2.75) is 13.1 Å². The van der Waals surface area contributed by atoms with E-state index >= 15 is 0 Å². The highest BCUT2D eigenvalue weighted by molar-refractivity contribution is 6.10. The van der Waals surface area contributed by atoms with Gasteiger partial charge in [-0.15, -0.1) is 0 Å². The minimum Gasteiger partial charge on any atom is -0.462 e. The summed E-state index contributed by atoms with van der Waals surface area (Å²) in [5, 5.41) is 0.196. The van der Waals surface area contributed by atoms with Crippen LogP contribution in [0.25, 0.3) is 22.2 Å². The number of aromatic amines is 1. The number of ether oxygens (including phenoxy) is 1. The number of hydrogen-bond donors (Lipinski definition) is 1. The molecule has 0 aliphatic rings. The van der Waals surface area contributed by atoms with E-state index in [1.165, 1.54) is 6.07 Å². The molecular weight excluding hydrogens is 319 g/mol. The average Bonchev–Trinajstić information content (AvgIpc) is 2.93. The fourth-order valence-corrected chi connectivity index (χ4v) is 2.60. The van der Waals surface area contributed by atoms with Gasteiger partial charge in [0.05, 0.1) is 23.4 Å². The number of esters is 1. The Hall–Kier alpha value is -2.76. The van der Waals surface area contributed by atoms with Crippen molar-refractivity contribution in [3.63, 3.8) is 0 Å². The predicted octanol–water partition coefficient (Wildman–Crippen LogP) is 5.03. The van der Waals surface area contributed by atoms with Crippen LogP contribution in [0, 0.1) is 0 Å². The molecule has 0 spiro atoms. The van der Waals surface area contributed by atoms with Gasteiger partial charge >= 0.3 is 12.1 Å². The van der Waals surface area contributed by atoms with Crippen molar-refractivity contribution in [3.8, 4) is 11.3 Å². The third kappa shape index (κ3) is 2.87. The highest BCUT2D eigenvalue weighted by Gasteiger charge is 2.32. The summed E-state index contributed by atoms with van der Waals surface area (Å²) in [6.07, 6.45) is -4.48. The zero-order valence-electron chi connectivity index (χ0n) is 12.8. The molecule has 0 amide bonds. The number of benzene rings is 2. The van der Waals surface area contributed by atoms with Gasteiger partial charge in [-0.2, -0.15) is 13.2 Å². The van der Waals surface area contributed by atoms with Crippen molar-refractivity contribution in [2.75, 3.05) is 6.61 Å². The number of fused-ring (bicyclic) bond motifs is 1. The molecule has 0 unspecified atom stereocenters. The molecule has 3 rings (SSSR count). The maximum atomic E-state index is 13.0. The van der Waals surface area contributed by atoms with E-state index in [-0.39, 0.29) is 17.6 Å². The predicted molar refractivity (Wildman–Crippen MR) is 84.7 cm³/mol. The molecule has 1 heterocycles. The first-order chi connectivity index (χ1) is 11.4. The van der Waals surface area contributed by atoms with Crippen molar-refractivity contribution < 1.29 is 22.7 Å². The van der Waals surface area contributed by atoms with Crippen LogP contribution < -0.4 is 0 Å². The van der Waals surface area contributed by atoms with Crippen LogP contribution in [-0.2, 0) is 10.9 Å². The average molecular weight is 333 g/mol. The van der Waals surface area contributed by atoms with E-state index in [4.69, 9.17) is 4.74 Å². The summed E-state index contributed by atoms with van der Waals surface area (Å²) in [4.78, 5) is 15.4. The molecule has 1 N–H and O–H groups in total. The Bertz CT molecular complexity index is 882. The third-order valence-electron chi connectivity index (χ3n) is 3.67. The summed E-state index contributed by atoms with van der Waals surface area (Å²) in [5.41, 5.74) is 0.905. The Morgan fingerprint density at radius 1 is 1.12 bits per heavy atom. The van der Waals surface area contributed by atoms with Gasteiger partial charge in [-0.3, -0.25) is 0 Å². The van der Waals surface area contributed by atoms with Gasteiger partial charge in [0, 0.05) is 10.9 Å². The molecule has 2 aromatic carbocycles.